The summed E-state index contributed by atoms with van der Waals surface area (Å²) in [5.74, 6) is 0.668. The van der Waals surface area contributed by atoms with E-state index in [-0.39, 0.29) is 12.4 Å². The predicted octanol–water partition coefficient (Wildman–Crippen LogP) is 1.16. The third-order valence-electron chi connectivity index (χ3n) is 2.50. The van der Waals surface area contributed by atoms with E-state index in [9.17, 15) is 4.79 Å². The van der Waals surface area contributed by atoms with E-state index >= 15 is 0 Å². The topological polar surface area (TPSA) is 51.2 Å². The molecule has 4 heteroatoms. The maximum absolute atomic E-state index is 11.1. The van der Waals surface area contributed by atoms with Gasteiger partial charge in [0, 0.05) is 6.54 Å². The van der Waals surface area contributed by atoms with Crippen molar-refractivity contribution in [2.24, 2.45) is 0 Å². The lowest BCUT2D eigenvalue weighted by Gasteiger charge is -2.17. The van der Waals surface area contributed by atoms with Crippen LogP contribution < -0.4 is 5.32 Å². The van der Waals surface area contributed by atoms with E-state index in [4.69, 9.17) is 0 Å². The summed E-state index contributed by atoms with van der Waals surface area (Å²) in [4.78, 5) is 15.5. The van der Waals surface area contributed by atoms with Gasteiger partial charge < -0.3 is 10.1 Å². The van der Waals surface area contributed by atoms with Gasteiger partial charge in [0.15, 0.2) is 0 Å². The van der Waals surface area contributed by atoms with Crippen molar-refractivity contribution in [2.75, 3.05) is 19.0 Å². The van der Waals surface area contributed by atoms with E-state index in [1.807, 2.05) is 12.1 Å². The number of hydrogen-bond acceptors (Lipinski definition) is 4. The lowest BCUT2D eigenvalue weighted by molar-refractivity contribution is -0.139. The number of rotatable bonds is 2. The Kier molecular flexibility index (Phi) is 2.85. The Morgan fingerprint density at radius 2 is 2.47 bits per heavy atom. The van der Waals surface area contributed by atoms with Crippen LogP contribution in [0.4, 0.5) is 5.82 Å². The zero-order valence-corrected chi connectivity index (χ0v) is 8.75. The molecule has 15 heavy (non-hydrogen) atoms. The fourth-order valence-corrected chi connectivity index (χ4v) is 1.69. The smallest absolute Gasteiger partial charge is 0.311 e. The highest BCUT2D eigenvalue weighted by atomic mass is 16.5. The number of aryl methyl sites for hydroxylation is 1. The molecule has 0 aliphatic carbocycles. The molecule has 0 spiro atoms. The number of nitrogens with zero attached hydrogens (tertiary/aromatic N) is 1. The zero-order valence-electron chi connectivity index (χ0n) is 8.75. The summed E-state index contributed by atoms with van der Waals surface area (Å²) in [5, 5.41) is 3.23. The summed E-state index contributed by atoms with van der Waals surface area (Å²) in [6.45, 7) is 0.960. The highest BCUT2D eigenvalue weighted by Crippen LogP contribution is 2.19. The molecule has 0 unspecified atom stereocenters. The molecule has 0 saturated carbocycles. The van der Waals surface area contributed by atoms with Crippen LogP contribution in [0.15, 0.2) is 12.1 Å². The van der Waals surface area contributed by atoms with E-state index in [2.05, 4.69) is 15.0 Å². The molecule has 1 aliphatic heterocycles. The second kappa shape index (κ2) is 4.29. The number of methoxy groups -OCH3 is 1. The summed E-state index contributed by atoms with van der Waals surface area (Å²) in [6, 6.07) is 3.93. The molecule has 4 nitrogen and oxygen atoms in total. The fraction of sp³-hybridized carbons (Fsp3) is 0.455. The van der Waals surface area contributed by atoms with Gasteiger partial charge in [0.1, 0.15) is 5.82 Å². The van der Waals surface area contributed by atoms with Crippen molar-refractivity contribution >= 4 is 11.8 Å². The van der Waals surface area contributed by atoms with Crippen LogP contribution in [0.25, 0.3) is 0 Å². The summed E-state index contributed by atoms with van der Waals surface area (Å²) in [7, 11) is 1.39. The number of carbonyl (C=O) groups excluding carboxylic acids is 1. The van der Waals surface area contributed by atoms with Gasteiger partial charge in [0.25, 0.3) is 0 Å². The van der Waals surface area contributed by atoms with Gasteiger partial charge in [-0.3, -0.25) is 4.79 Å². The molecule has 1 N–H and O–H groups in total. The first-order valence-electron chi connectivity index (χ1n) is 5.09. The van der Waals surface area contributed by atoms with E-state index in [0.717, 1.165) is 30.9 Å². The normalized spacial score (nSPS) is 13.9. The number of esters is 1. The second-order valence-electron chi connectivity index (χ2n) is 3.59. The van der Waals surface area contributed by atoms with Crippen molar-refractivity contribution in [2.45, 2.75) is 19.3 Å². The van der Waals surface area contributed by atoms with Gasteiger partial charge in [-0.1, -0.05) is 6.07 Å². The molecule has 0 fully saturated rings. The van der Waals surface area contributed by atoms with E-state index < -0.39 is 0 Å². The van der Waals surface area contributed by atoms with Crippen molar-refractivity contribution in [3.05, 3.63) is 23.4 Å². The number of ether oxygens (including phenoxy) is 1. The molecule has 1 aliphatic rings. The highest BCUT2D eigenvalue weighted by molar-refractivity contribution is 5.72. The third-order valence-corrected chi connectivity index (χ3v) is 2.50. The van der Waals surface area contributed by atoms with Crippen molar-refractivity contribution in [3.8, 4) is 0 Å². The number of aromatic nitrogens is 1. The Labute approximate surface area is 88.7 Å². The summed E-state index contributed by atoms with van der Waals surface area (Å²) in [6.07, 6.45) is 2.45. The quantitative estimate of drug-likeness (QED) is 0.738. The maximum atomic E-state index is 11.1. The minimum atomic E-state index is -0.252. The van der Waals surface area contributed by atoms with Gasteiger partial charge in [-0.15, -0.1) is 0 Å². The molecular weight excluding hydrogens is 192 g/mol. The standard InChI is InChI=1S/C11H14N2O2/c1-15-10(14)7-9-5-4-8-3-2-6-12-11(8)13-9/h4-5H,2-3,6-7H2,1H3,(H,12,13). The first-order valence-corrected chi connectivity index (χ1v) is 5.09. The molecule has 2 heterocycles. The van der Waals surface area contributed by atoms with Crippen molar-refractivity contribution in [1.29, 1.82) is 0 Å². The van der Waals surface area contributed by atoms with Crippen LogP contribution in [0, 0.1) is 0 Å². The monoisotopic (exact) mass is 206 g/mol. The number of nitrogens with one attached hydrogen (secondary N) is 1. The van der Waals surface area contributed by atoms with Gasteiger partial charge in [-0.05, 0) is 24.5 Å². The molecule has 80 valence electrons. The van der Waals surface area contributed by atoms with Crippen LogP contribution in [0.2, 0.25) is 0 Å². The number of hydrogen-bond donors (Lipinski definition) is 1. The second-order valence-corrected chi connectivity index (χ2v) is 3.59. The van der Waals surface area contributed by atoms with Gasteiger partial charge in [0.2, 0.25) is 0 Å². The lowest BCUT2D eigenvalue weighted by Crippen LogP contribution is -2.15. The van der Waals surface area contributed by atoms with Crippen molar-refractivity contribution < 1.29 is 9.53 Å². The number of anilines is 1. The first-order chi connectivity index (χ1) is 7.29. The average Bonchev–Trinajstić information content (AvgIpc) is 2.29. The van der Waals surface area contributed by atoms with Crippen molar-refractivity contribution in [1.82, 2.24) is 4.98 Å². The Hall–Kier alpha value is -1.58. The van der Waals surface area contributed by atoms with Crippen LogP contribution >= 0.6 is 0 Å². The van der Waals surface area contributed by atoms with E-state index in [1.54, 1.807) is 0 Å². The highest BCUT2D eigenvalue weighted by Gasteiger charge is 2.11. The average molecular weight is 206 g/mol. The molecule has 0 bridgehead atoms. The molecule has 0 atom stereocenters. The third kappa shape index (κ3) is 2.26. The van der Waals surface area contributed by atoms with Gasteiger partial charge in [-0.2, -0.15) is 0 Å². The minimum absolute atomic E-state index is 0.242. The van der Waals surface area contributed by atoms with Crippen LogP contribution in [0.5, 0.6) is 0 Å². The Morgan fingerprint density at radius 3 is 3.27 bits per heavy atom. The van der Waals surface area contributed by atoms with Crippen LogP contribution in [-0.2, 0) is 22.4 Å². The summed E-state index contributed by atoms with van der Waals surface area (Å²) >= 11 is 0. The van der Waals surface area contributed by atoms with Gasteiger partial charge >= 0.3 is 5.97 Å². The fourth-order valence-electron chi connectivity index (χ4n) is 1.69. The number of pyridine rings is 1. The molecule has 1 aromatic rings. The van der Waals surface area contributed by atoms with Crippen molar-refractivity contribution in [3.63, 3.8) is 0 Å². The SMILES string of the molecule is COC(=O)Cc1ccc2c(n1)NCCC2. The molecule has 0 saturated heterocycles. The van der Waals surface area contributed by atoms with Crippen LogP contribution in [0.3, 0.4) is 0 Å². The predicted molar refractivity (Wildman–Crippen MR) is 56.8 cm³/mol. The van der Waals surface area contributed by atoms with E-state index in [0.29, 0.717) is 0 Å². The molecule has 0 radical (unpaired) electrons. The molecule has 1 aromatic heterocycles. The van der Waals surface area contributed by atoms with Gasteiger partial charge in [-0.25, -0.2) is 4.98 Å². The van der Waals surface area contributed by atoms with E-state index in [1.165, 1.54) is 12.7 Å². The van der Waals surface area contributed by atoms with Gasteiger partial charge in [0.05, 0.1) is 19.2 Å². The summed E-state index contributed by atoms with van der Waals surface area (Å²) < 4.78 is 4.60. The number of carbonyl (C=O) groups is 1. The molecular formula is C11H14N2O2. The maximum Gasteiger partial charge on any atom is 0.311 e. The Balaban J connectivity index is 2.17. The largest absolute Gasteiger partial charge is 0.469 e. The zero-order chi connectivity index (χ0) is 10.7. The molecule has 0 aromatic carbocycles. The van der Waals surface area contributed by atoms with Crippen LogP contribution in [-0.4, -0.2) is 24.6 Å². The summed E-state index contributed by atoms with van der Waals surface area (Å²) in [5.41, 5.74) is 1.99. The van der Waals surface area contributed by atoms with Crippen LogP contribution in [0.1, 0.15) is 17.7 Å². The lowest BCUT2D eigenvalue weighted by atomic mass is 10.1. The number of fused-ring (bicyclic) bond motifs is 1. The first kappa shape index (κ1) is 9.96. The Morgan fingerprint density at radius 1 is 1.60 bits per heavy atom. The molecule has 2 rings (SSSR count). The minimum Gasteiger partial charge on any atom is -0.469 e. The Bertz CT molecular complexity index is 377. The molecule has 0 amide bonds.